The molecule has 1 unspecified atom stereocenters. The minimum Gasteiger partial charge on any atom is -0.481 e. The number of carbonyl (C=O) groups is 1. The van der Waals surface area contributed by atoms with E-state index in [0.29, 0.717) is 25.1 Å². The van der Waals surface area contributed by atoms with Gasteiger partial charge in [0, 0.05) is 11.6 Å². The Bertz CT molecular complexity index is 813. The lowest BCUT2D eigenvalue weighted by Gasteiger charge is -2.15. The first kappa shape index (κ1) is 22.8. The number of carboxylic acid groups (broad SMARTS) is 1. The number of rotatable bonds is 10. The molecule has 1 aliphatic carbocycles. The molecule has 0 heterocycles. The lowest BCUT2D eigenvalue weighted by atomic mass is 9.80. The summed E-state index contributed by atoms with van der Waals surface area (Å²) in [6, 6.07) is 16.2. The van der Waals surface area contributed by atoms with Crippen LogP contribution >= 0.6 is 11.6 Å². The van der Waals surface area contributed by atoms with E-state index in [4.69, 9.17) is 21.6 Å². The van der Waals surface area contributed by atoms with Gasteiger partial charge >= 0.3 is 13.1 Å². The number of hydrogen-bond donors (Lipinski definition) is 4. The minimum atomic E-state index is -1.31. The molecule has 3 atom stereocenters. The van der Waals surface area contributed by atoms with Crippen LogP contribution in [0, 0.1) is 17.8 Å². The van der Waals surface area contributed by atoms with Crippen molar-refractivity contribution in [2.24, 2.45) is 17.8 Å². The first-order valence-electron chi connectivity index (χ1n) is 10.6. The van der Waals surface area contributed by atoms with Crippen LogP contribution in [0.15, 0.2) is 48.5 Å². The molecular weight excluding hydrogens is 401 g/mol. The van der Waals surface area contributed by atoms with Crippen molar-refractivity contribution in [2.45, 2.75) is 38.5 Å². The highest BCUT2D eigenvalue weighted by molar-refractivity contribution is 6.40. The van der Waals surface area contributed by atoms with Crippen LogP contribution in [0.4, 0.5) is 0 Å². The number of carboxylic acids is 1. The highest BCUT2D eigenvalue weighted by Crippen LogP contribution is 2.39. The lowest BCUT2D eigenvalue weighted by molar-refractivity contribution is -0.143. The number of hydrogen-bond acceptors (Lipinski definition) is 4. The smallest absolute Gasteiger partial charge is 0.451 e. The van der Waals surface area contributed by atoms with E-state index >= 15 is 0 Å². The fourth-order valence-corrected chi connectivity index (χ4v) is 4.59. The normalized spacial score (nSPS) is 21.0. The van der Waals surface area contributed by atoms with Gasteiger partial charge in [-0.05, 0) is 66.4 Å². The fourth-order valence-electron chi connectivity index (χ4n) is 4.47. The van der Waals surface area contributed by atoms with Crippen molar-refractivity contribution in [1.29, 1.82) is 0 Å². The van der Waals surface area contributed by atoms with Crippen LogP contribution in [0.25, 0.3) is 11.1 Å². The molecule has 2 aromatic rings. The van der Waals surface area contributed by atoms with Crippen LogP contribution in [-0.4, -0.2) is 34.8 Å². The summed E-state index contributed by atoms with van der Waals surface area (Å²) in [4.78, 5) is 11.6. The third kappa shape index (κ3) is 6.57. The summed E-state index contributed by atoms with van der Waals surface area (Å²) in [5.74, 6) is -0.605. The van der Waals surface area contributed by atoms with Crippen LogP contribution < -0.4 is 5.32 Å². The molecule has 2 aromatic carbocycles. The zero-order chi connectivity index (χ0) is 21.5. The molecule has 1 fully saturated rings. The first-order chi connectivity index (χ1) is 14.4. The highest BCUT2D eigenvalue weighted by Gasteiger charge is 2.38. The Morgan fingerprint density at radius 1 is 1.03 bits per heavy atom. The lowest BCUT2D eigenvalue weighted by Crippen LogP contribution is -2.21. The van der Waals surface area contributed by atoms with E-state index < -0.39 is 13.1 Å². The molecule has 1 aliphatic rings. The van der Waals surface area contributed by atoms with Crippen molar-refractivity contribution in [2.75, 3.05) is 6.54 Å². The van der Waals surface area contributed by atoms with Crippen molar-refractivity contribution in [3.63, 3.8) is 0 Å². The third-order valence-corrected chi connectivity index (χ3v) is 6.29. The SMILES string of the molecule is O=C(O)C1C[C@@H](CNCc2ccc(-c3ccc(Cl)cc3)cc2)C[C@@H]1CCCB(O)O. The van der Waals surface area contributed by atoms with Gasteiger partial charge in [0.05, 0.1) is 5.92 Å². The van der Waals surface area contributed by atoms with Gasteiger partial charge in [-0.15, -0.1) is 0 Å². The molecule has 0 radical (unpaired) electrons. The van der Waals surface area contributed by atoms with Gasteiger partial charge in [-0.3, -0.25) is 4.79 Å². The second-order valence-electron chi connectivity index (χ2n) is 8.29. The Morgan fingerprint density at radius 3 is 2.27 bits per heavy atom. The number of halogens is 1. The third-order valence-electron chi connectivity index (χ3n) is 6.04. The molecule has 160 valence electrons. The van der Waals surface area contributed by atoms with Gasteiger partial charge in [0.25, 0.3) is 0 Å². The van der Waals surface area contributed by atoms with E-state index in [1.807, 2.05) is 24.3 Å². The summed E-state index contributed by atoms with van der Waals surface area (Å²) >= 11 is 5.95. The maximum absolute atomic E-state index is 11.6. The van der Waals surface area contributed by atoms with Gasteiger partial charge < -0.3 is 20.5 Å². The minimum absolute atomic E-state index is 0.117. The van der Waals surface area contributed by atoms with E-state index in [2.05, 4.69) is 29.6 Å². The molecule has 0 saturated heterocycles. The Labute approximate surface area is 183 Å². The summed E-state index contributed by atoms with van der Waals surface area (Å²) in [6.45, 7) is 1.54. The Morgan fingerprint density at radius 2 is 1.67 bits per heavy atom. The van der Waals surface area contributed by atoms with Crippen molar-refractivity contribution < 1.29 is 19.9 Å². The standard InChI is InChI=1S/C23H29BClNO4/c25-21-9-7-19(8-10-21)18-5-3-16(4-6-18)14-26-15-17-12-20(2-1-11-24(29)30)22(13-17)23(27)28/h3-10,17,20,22,26,29-30H,1-2,11-15H2,(H,27,28)/t17-,20-,22?/m0/s1. The maximum atomic E-state index is 11.6. The largest absolute Gasteiger partial charge is 0.481 e. The molecule has 3 rings (SSSR count). The van der Waals surface area contributed by atoms with Gasteiger partial charge in [0.2, 0.25) is 0 Å². The molecular formula is C23H29BClNO4. The average molecular weight is 430 g/mol. The number of benzene rings is 2. The van der Waals surface area contributed by atoms with Gasteiger partial charge in [-0.25, -0.2) is 0 Å². The Hall–Kier alpha value is -1.86. The van der Waals surface area contributed by atoms with E-state index in [1.54, 1.807) is 0 Å². The molecule has 7 heteroatoms. The molecule has 0 aromatic heterocycles. The molecule has 1 saturated carbocycles. The van der Waals surface area contributed by atoms with Crippen molar-refractivity contribution in [3.05, 3.63) is 59.1 Å². The molecule has 30 heavy (non-hydrogen) atoms. The monoisotopic (exact) mass is 429 g/mol. The second kappa shape index (κ2) is 11.0. The fraction of sp³-hybridized carbons (Fsp3) is 0.435. The van der Waals surface area contributed by atoms with Gasteiger partial charge in [-0.2, -0.15) is 0 Å². The molecule has 0 bridgehead atoms. The number of nitrogens with one attached hydrogen (secondary N) is 1. The summed E-state index contributed by atoms with van der Waals surface area (Å²) in [7, 11) is -1.31. The maximum Gasteiger partial charge on any atom is 0.451 e. The van der Waals surface area contributed by atoms with E-state index in [-0.39, 0.29) is 11.8 Å². The molecule has 0 spiro atoms. The topological polar surface area (TPSA) is 89.8 Å². The van der Waals surface area contributed by atoms with Gasteiger partial charge in [-0.1, -0.05) is 60.8 Å². The quantitative estimate of drug-likeness (QED) is 0.427. The summed E-state index contributed by atoms with van der Waals surface area (Å²) < 4.78 is 0. The average Bonchev–Trinajstić information content (AvgIpc) is 3.12. The predicted molar refractivity (Wildman–Crippen MR) is 120 cm³/mol. The van der Waals surface area contributed by atoms with Crippen molar-refractivity contribution >= 4 is 24.7 Å². The Kier molecular flexibility index (Phi) is 8.34. The molecule has 0 aliphatic heterocycles. The van der Waals surface area contributed by atoms with Crippen LogP contribution in [0.5, 0.6) is 0 Å². The van der Waals surface area contributed by atoms with E-state index in [1.165, 1.54) is 5.56 Å². The summed E-state index contributed by atoms with van der Waals surface area (Å²) in [5.41, 5.74) is 3.46. The van der Waals surface area contributed by atoms with Crippen LogP contribution in [0.1, 0.15) is 31.2 Å². The van der Waals surface area contributed by atoms with E-state index in [9.17, 15) is 9.90 Å². The van der Waals surface area contributed by atoms with Crippen molar-refractivity contribution in [3.8, 4) is 11.1 Å². The zero-order valence-corrected chi connectivity index (χ0v) is 17.8. The van der Waals surface area contributed by atoms with Gasteiger partial charge in [0.1, 0.15) is 0 Å². The highest BCUT2D eigenvalue weighted by atomic mass is 35.5. The molecule has 0 amide bonds. The first-order valence-corrected chi connectivity index (χ1v) is 10.9. The second-order valence-corrected chi connectivity index (χ2v) is 8.72. The predicted octanol–water partition coefficient (Wildman–Crippen LogP) is 4.08. The van der Waals surface area contributed by atoms with Crippen molar-refractivity contribution in [1.82, 2.24) is 5.32 Å². The molecule has 5 nitrogen and oxygen atoms in total. The number of aliphatic carboxylic acids is 1. The van der Waals surface area contributed by atoms with E-state index in [0.717, 1.165) is 42.1 Å². The Balaban J connectivity index is 1.46. The van der Waals surface area contributed by atoms with Gasteiger partial charge in [0.15, 0.2) is 0 Å². The van der Waals surface area contributed by atoms with Crippen LogP contribution in [-0.2, 0) is 11.3 Å². The zero-order valence-electron chi connectivity index (χ0n) is 17.0. The van der Waals surface area contributed by atoms with Crippen LogP contribution in [0.3, 0.4) is 0 Å². The summed E-state index contributed by atoms with van der Waals surface area (Å²) in [5, 5.41) is 31.7. The molecule has 4 N–H and O–H groups in total. The van der Waals surface area contributed by atoms with Crippen LogP contribution in [0.2, 0.25) is 11.3 Å². The summed E-state index contributed by atoms with van der Waals surface area (Å²) in [6.07, 6.45) is 3.24.